The Labute approximate surface area is 64.8 Å². The smallest absolute Gasteiger partial charge is 0.0749 e. The molecule has 0 aliphatic heterocycles. The number of hydrogen-bond acceptors (Lipinski definition) is 2. The molecule has 0 aromatic rings. The van der Waals surface area contributed by atoms with E-state index >= 15 is 0 Å². The lowest BCUT2D eigenvalue weighted by Crippen LogP contribution is -3.13. The van der Waals surface area contributed by atoms with E-state index in [-0.39, 0.29) is 5.60 Å². The van der Waals surface area contributed by atoms with Gasteiger partial charge >= 0.3 is 0 Å². The van der Waals surface area contributed by atoms with Crippen LogP contribution in [0.1, 0.15) is 0 Å². The number of rotatable bonds is 1. The zero-order valence-electron chi connectivity index (χ0n) is 6.20. The van der Waals surface area contributed by atoms with Crippen LogP contribution in [-0.4, -0.2) is 17.3 Å². The van der Waals surface area contributed by atoms with E-state index in [0.717, 1.165) is 42.1 Å². The van der Waals surface area contributed by atoms with Gasteiger partial charge in [-0.25, -0.2) is 0 Å². The van der Waals surface area contributed by atoms with Gasteiger partial charge < -0.3 is 10.8 Å². The fourth-order valence-electron chi connectivity index (χ4n) is 6.10. The molecule has 2 heteroatoms. The lowest BCUT2D eigenvalue weighted by molar-refractivity contribution is -0.659. The van der Waals surface area contributed by atoms with Gasteiger partial charge in [-0.1, -0.05) is 0 Å². The summed E-state index contributed by atoms with van der Waals surface area (Å²) in [4.78, 5) is 0. The zero-order chi connectivity index (χ0) is 7.17. The summed E-state index contributed by atoms with van der Waals surface area (Å²) >= 11 is 0. The first-order valence-electron chi connectivity index (χ1n) is 4.72. The van der Waals surface area contributed by atoms with Crippen molar-refractivity contribution in [2.24, 2.45) is 46.7 Å². The zero-order valence-corrected chi connectivity index (χ0v) is 6.20. The van der Waals surface area contributed by atoms with Crippen LogP contribution in [0.2, 0.25) is 0 Å². The van der Waals surface area contributed by atoms with Crippen LogP contribution in [0.15, 0.2) is 0 Å². The molecule has 0 radical (unpaired) electrons. The monoisotopic (exact) mass is 149 g/mol. The Hall–Kier alpha value is -0.0800. The van der Waals surface area contributed by atoms with E-state index in [2.05, 4.69) is 0 Å². The number of hydrogen-bond donors (Lipinski definition) is 2. The fraction of sp³-hybridized carbons (Fsp3) is 1.00. The van der Waals surface area contributed by atoms with E-state index in [4.69, 9.17) is 5.73 Å². The Bertz CT molecular complexity index is 257. The Morgan fingerprint density at radius 2 is 1.45 bits per heavy atom. The molecule has 6 saturated carbocycles. The minimum atomic E-state index is -0.114. The molecule has 6 rings (SSSR count). The third-order valence-electron chi connectivity index (χ3n) is 6.14. The molecule has 0 atom stereocenters. The van der Waals surface area contributed by atoms with Crippen molar-refractivity contribution >= 4 is 0 Å². The van der Waals surface area contributed by atoms with Crippen molar-refractivity contribution in [2.45, 2.75) is 5.60 Å². The van der Waals surface area contributed by atoms with Gasteiger partial charge in [-0.3, -0.25) is 0 Å². The van der Waals surface area contributed by atoms with Gasteiger partial charge in [0.05, 0.1) is 5.60 Å². The third-order valence-corrected chi connectivity index (χ3v) is 6.14. The minimum Gasteiger partial charge on any atom is -0.389 e. The molecule has 0 heterocycles. The van der Waals surface area contributed by atoms with Gasteiger partial charge in [-0.05, 0) is 47.5 Å². The molecule has 6 aliphatic carbocycles. The number of aliphatic hydroxyl groups is 1. The molecule has 3 N–H and O–H groups in total. The van der Waals surface area contributed by atoms with Crippen molar-refractivity contribution in [3.63, 3.8) is 0 Å². The van der Waals surface area contributed by atoms with Crippen LogP contribution in [0.25, 0.3) is 0 Å². The Balaban J connectivity index is 1.76. The standard InChI is InChI=1S/C9H11NO/c10-1-8-2-5-3(8)7-4(8)6(2)9(5,7)11/h2-7,11H,1,10H2. The van der Waals surface area contributed by atoms with Crippen LogP contribution in [-0.2, 0) is 0 Å². The SMILES string of the molecule is NCC12C3C4C1C1C2C3C41O. The van der Waals surface area contributed by atoms with Crippen molar-refractivity contribution < 1.29 is 5.11 Å². The average Bonchev–Trinajstić information content (AvgIpc) is 2.06. The van der Waals surface area contributed by atoms with Crippen molar-refractivity contribution in [3.05, 3.63) is 0 Å². The normalized spacial score (nSPS) is 95.5. The lowest BCUT2D eigenvalue weighted by atomic mass is 8.95. The van der Waals surface area contributed by atoms with E-state index in [9.17, 15) is 5.11 Å². The van der Waals surface area contributed by atoms with E-state index in [1.807, 2.05) is 0 Å². The molecule has 6 aliphatic rings. The maximum absolute atomic E-state index is 9.97. The van der Waals surface area contributed by atoms with Crippen LogP contribution in [0.5, 0.6) is 0 Å². The predicted octanol–water partition coefficient (Wildman–Crippen LogP) is -0.572. The second kappa shape index (κ2) is 0.826. The molecule has 0 aromatic carbocycles. The summed E-state index contributed by atoms with van der Waals surface area (Å²) in [7, 11) is 0. The van der Waals surface area contributed by atoms with Gasteiger partial charge in [0.1, 0.15) is 0 Å². The second-order valence-electron chi connectivity index (χ2n) is 5.36. The van der Waals surface area contributed by atoms with Crippen molar-refractivity contribution in [2.75, 3.05) is 6.54 Å². The van der Waals surface area contributed by atoms with Gasteiger partial charge in [-0.2, -0.15) is 0 Å². The van der Waals surface area contributed by atoms with E-state index in [0.29, 0.717) is 5.41 Å². The molecule has 2 nitrogen and oxygen atoms in total. The van der Waals surface area contributed by atoms with Crippen LogP contribution in [0.4, 0.5) is 0 Å². The summed E-state index contributed by atoms with van der Waals surface area (Å²) in [6.07, 6.45) is 0. The van der Waals surface area contributed by atoms with Crippen LogP contribution in [0.3, 0.4) is 0 Å². The van der Waals surface area contributed by atoms with Gasteiger partial charge in [-0.15, -0.1) is 0 Å². The summed E-state index contributed by atoms with van der Waals surface area (Å²) in [5, 5.41) is 9.97. The summed E-state index contributed by atoms with van der Waals surface area (Å²) in [6, 6.07) is 0. The Morgan fingerprint density at radius 1 is 1.00 bits per heavy atom. The summed E-state index contributed by atoms with van der Waals surface area (Å²) in [6.45, 7) is 0.909. The van der Waals surface area contributed by atoms with Crippen molar-refractivity contribution in [1.29, 1.82) is 0 Å². The van der Waals surface area contributed by atoms with Crippen LogP contribution in [0, 0.1) is 40.9 Å². The highest BCUT2D eigenvalue weighted by Crippen LogP contribution is 3.06. The molecule has 0 bridgehead atoms. The van der Waals surface area contributed by atoms with Gasteiger partial charge in [0.25, 0.3) is 0 Å². The summed E-state index contributed by atoms with van der Waals surface area (Å²) < 4.78 is 0. The Morgan fingerprint density at radius 3 is 1.82 bits per heavy atom. The summed E-state index contributed by atoms with van der Waals surface area (Å²) in [5.74, 6) is 4.84. The van der Waals surface area contributed by atoms with E-state index in [1.54, 1.807) is 0 Å². The molecule has 11 heavy (non-hydrogen) atoms. The van der Waals surface area contributed by atoms with Gasteiger partial charge in [0.15, 0.2) is 0 Å². The molecular weight excluding hydrogens is 138 g/mol. The first-order chi connectivity index (χ1) is 5.29. The highest BCUT2D eigenvalue weighted by atomic mass is 16.3. The maximum Gasteiger partial charge on any atom is 0.0749 e. The molecule has 0 amide bonds. The highest BCUT2D eigenvalue weighted by molar-refractivity contribution is 5.56. The van der Waals surface area contributed by atoms with Crippen LogP contribution >= 0.6 is 0 Å². The topological polar surface area (TPSA) is 46.2 Å². The van der Waals surface area contributed by atoms with E-state index < -0.39 is 0 Å². The van der Waals surface area contributed by atoms with Gasteiger partial charge in [0.2, 0.25) is 0 Å². The molecule has 0 saturated heterocycles. The third kappa shape index (κ3) is 0.157. The van der Waals surface area contributed by atoms with Crippen molar-refractivity contribution in [3.8, 4) is 0 Å². The minimum absolute atomic E-state index is 0.114. The quantitative estimate of drug-likeness (QED) is 0.524. The van der Waals surface area contributed by atoms with E-state index in [1.165, 1.54) is 0 Å². The molecular formula is C9H11NO. The summed E-state index contributed by atoms with van der Waals surface area (Å²) in [5.41, 5.74) is 6.27. The molecule has 0 unspecified atom stereocenters. The molecule has 6 fully saturated rings. The highest BCUT2D eigenvalue weighted by Gasteiger charge is 3.09. The molecule has 0 aromatic heterocycles. The first kappa shape index (κ1) is 4.83. The van der Waals surface area contributed by atoms with Crippen LogP contribution < -0.4 is 5.73 Å². The predicted molar refractivity (Wildman–Crippen MR) is 37.4 cm³/mol. The largest absolute Gasteiger partial charge is 0.389 e. The van der Waals surface area contributed by atoms with Crippen molar-refractivity contribution in [1.82, 2.24) is 0 Å². The molecule has 58 valence electrons. The average molecular weight is 149 g/mol. The van der Waals surface area contributed by atoms with Gasteiger partial charge in [0, 0.05) is 0 Å². The Kier molecular flexibility index (Phi) is 0.362. The lowest BCUT2D eigenvalue weighted by Gasteiger charge is -3.10. The fourth-order valence-corrected chi connectivity index (χ4v) is 6.10. The molecule has 0 spiro atoms. The number of nitrogens with two attached hydrogens (primary N) is 1. The second-order valence-corrected chi connectivity index (χ2v) is 5.36. The maximum atomic E-state index is 9.97. The first-order valence-corrected chi connectivity index (χ1v) is 4.72.